The molecule has 0 aliphatic carbocycles. The maximum atomic E-state index is 5.98. The van der Waals surface area contributed by atoms with Gasteiger partial charge < -0.3 is 4.74 Å². The van der Waals surface area contributed by atoms with Crippen LogP contribution in [0.15, 0.2) is 28.9 Å². The Hall–Kier alpha value is -1.00. The molecule has 1 aromatic heterocycles. The molecule has 0 atom stereocenters. The lowest BCUT2D eigenvalue weighted by molar-refractivity contribution is 0.407. The molecule has 2 rings (SSSR count). The van der Waals surface area contributed by atoms with Gasteiger partial charge in [-0.2, -0.15) is 5.10 Å². The van der Waals surface area contributed by atoms with Crippen LogP contribution >= 0.6 is 27.5 Å². The van der Waals surface area contributed by atoms with Gasteiger partial charge >= 0.3 is 0 Å². The minimum atomic E-state index is 0.635. The second kappa shape index (κ2) is 5.10. The molecule has 2 aromatic rings. The molecule has 90 valence electrons. The lowest BCUT2D eigenvalue weighted by Gasteiger charge is -2.09. The first-order chi connectivity index (χ1) is 8.10. The topological polar surface area (TPSA) is 27.1 Å². The lowest BCUT2D eigenvalue weighted by Crippen LogP contribution is -2.02. The van der Waals surface area contributed by atoms with E-state index in [1.807, 2.05) is 36.0 Å². The Labute approximate surface area is 113 Å². The predicted molar refractivity (Wildman–Crippen MR) is 71.8 cm³/mol. The zero-order valence-corrected chi connectivity index (χ0v) is 11.9. The summed E-state index contributed by atoms with van der Waals surface area (Å²) in [5.74, 6) is 0.845. The fourth-order valence-corrected chi connectivity index (χ4v) is 2.18. The third-order valence-electron chi connectivity index (χ3n) is 2.46. The zero-order chi connectivity index (χ0) is 12.4. The van der Waals surface area contributed by atoms with E-state index in [2.05, 4.69) is 21.0 Å². The van der Waals surface area contributed by atoms with Gasteiger partial charge in [-0.15, -0.1) is 0 Å². The smallest absolute Gasteiger partial charge is 0.124 e. The molecule has 0 fully saturated rings. The molecule has 0 radical (unpaired) electrons. The third kappa shape index (κ3) is 2.82. The fraction of sp³-hybridized carbons (Fsp3) is 0.250. The summed E-state index contributed by atoms with van der Waals surface area (Å²) in [5, 5.41) is 5.00. The second-order valence-electron chi connectivity index (χ2n) is 3.72. The SMILES string of the molecule is COc1ccc(Br)cc1Cn1cc(Cl)c(C)n1. The maximum absolute atomic E-state index is 5.98. The number of nitrogens with zero attached hydrogens (tertiary/aromatic N) is 2. The molecule has 17 heavy (non-hydrogen) atoms. The van der Waals surface area contributed by atoms with Gasteiger partial charge in [-0.05, 0) is 25.1 Å². The van der Waals surface area contributed by atoms with Crippen molar-refractivity contribution < 1.29 is 4.74 Å². The van der Waals surface area contributed by atoms with Gasteiger partial charge in [0.1, 0.15) is 5.75 Å². The van der Waals surface area contributed by atoms with E-state index < -0.39 is 0 Å². The molecule has 0 aliphatic heterocycles. The number of aryl methyl sites for hydroxylation is 1. The standard InChI is InChI=1S/C12H12BrClN2O/c1-8-11(14)7-16(15-8)6-9-5-10(13)3-4-12(9)17-2/h3-5,7H,6H2,1-2H3. The van der Waals surface area contributed by atoms with Gasteiger partial charge in [0.25, 0.3) is 0 Å². The minimum Gasteiger partial charge on any atom is -0.496 e. The van der Waals surface area contributed by atoms with Crippen molar-refractivity contribution >= 4 is 27.5 Å². The van der Waals surface area contributed by atoms with Crippen LogP contribution in [0.5, 0.6) is 5.75 Å². The average molecular weight is 316 g/mol. The first kappa shape index (κ1) is 12.5. The Bertz CT molecular complexity index is 520. The van der Waals surface area contributed by atoms with E-state index >= 15 is 0 Å². The summed E-state index contributed by atoms with van der Waals surface area (Å²) in [7, 11) is 1.66. The minimum absolute atomic E-state index is 0.635. The Balaban J connectivity index is 2.31. The molecule has 1 aromatic carbocycles. The highest BCUT2D eigenvalue weighted by atomic mass is 79.9. The number of methoxy groups -OCH3 is 1. The normalized spacial score (nSPS) is 10.6. The van der Waals surface area contributed by atoms with Crippen LogP contribution in [0.3, 0.4) is 0 Å². The highest BCUT2D eigenvalue weighted by molar-refractivity contribution is 9.10. The van der Waals surface area contributed by atoms with Crippen LogP contribution in [-0.2, 0) is 6.54 Å². The van der Waals surface area contributed by atoms with E-state index in [0.717, 1.165) is 21.5 Å². The summed E-state index contributed by atoms with van der Waals surface area (Å²) in [5.41, 5.74) is 1.89. The molecule has 0 aliphatic rings. The Morgan fingerprint density at radius 3 is 2.82 bits per heavy atom. The molecule has 0 N–H and O–H groups in total. The number of hydrogen-bond donors (Lipinski definition) is 0. The summed E-state index contributed by atoms with van der Waals surface area (Å²) >= 11 is 9.42. The summed E-state index contributed by atoms with van der Waals surface area (Å²) in [4.78, 5) is 0. The highest BCUT2D eigenvalue weighted by Crippen LogP contribution is 2.24. The lowest BCUT2D eigenvalue weighted by atomic mass is 10.2. The van der Waals surface area contributed by atoms with Crippen LogP contribution < -0.4 is 4.74 Å². The summed E-state index contributed by atoms with van der Waals surface area (Å²) < 4.78 is 8.14. The molecule has 0 saturated heterocycles. The molecular formula is C12H12BrClN2O. The zero-order valence-electron chi connectivity index (χ0n) is 9.58. The van der Waals surface area contributed by atoms with Crippen molar-refractivity contribution in [2.24, 2.45) is 0 Å². The summed E-state index contributed by atoms with van der Waals surface area (Å²) in [6.07, 6.45) is 1.82. The molecule has 0 bridgehead atoms. The monoisotopic (exact) mass is 314 g/mol. The molecule has 0 unspecified atom stereocenters. The van der Waals surface area contributed by atoms with Crippen LogP contribution in [0.4, 0.5) is 0 Å². The molecule has 0 saturated carbocycles. The largest absolute Gasteiger partial charge is 0.496 e. The molecule has 5 heteroatoms. The first-order valence-electron chi connectivity index (χ1n) is 5.12. The molecule has 1 heterocycles. The van der Waals surface area contributed by atoms with Gasteiger partial charge in [-0.3, -0.25) is 4.68 Å². The number of ether oxygens (including phenoxy) is 1. The van der Waals surface area contributed by atoms with E-state index in [-0.39, 0.29) is 0 Å². The van der Waals surface area contributed by atoms with Gasteiger partial charge in [0.15, 0.2) is 0 Å². The van der Waals surface area contributed by atoms with E-state index in [4.69, 9.17) is 16.3 Å². The van der Waals surface area contributed by atoms with Gasteiger partial charge in [-0.25, -0.2) is 0 Å². The Morgan fingerprint density at radius 1 is 1.47 bits per heavy atom. The highest BCUT2D eigenvalue weighted by Gasteiger charge is 2.07. The van der Waals surface area contributed by atoms with E-state index in [0.29, 0.717) is 11.6 Å². The van der Waals surface area contributed by atoms with Crippen molar-refractivity contribution in [3.05, 3.63) is 45.1 Å². The molecule has 3 nitrogen and oxygen atoms in total. The van der Waals surface area contributed by atoms with Gasteiger partial charge in [0.05, 0.1) is 24.4 Å². The number of benzene rings is 1. The fourth-order valence-electron chi connectivity index (χ4n) is 1.62. The Morgan fingerprint density at radius 2 is 2.24 bits per heavy atom. The van der Waals surface area contributed by atoms with Crippen molar-refractivity contribution in [1.29, 1.82) is 0 Å². The van der Waals surface area contributed by atoms with E-state index in [1.54, 1.807) is 7.11 Å². The van der Waals surface area contributed by atoms with Crippen molar-refractivity contribution in [2.45, 2.75) is 13.5 Å². The predicted octanol–water partition coefficient (Wildman–Crippen LogP) is 3.66. The van der Waals surface area contributed by atoms with Crippen molar-refractivity contribution in [3.63, 3.8) is 0 Å². The van der Waals surface area contributed by atoms with Crippen LogP contribution in [0.2, 0.25) is 5.02 Å². The molecule has 0 amide bonds. The summed E-state index contributed by atoms with van der Waals surface area (Å²) in [6.45, 7) is 2.52. The van der Waals surface area contributed by atoms with Crippen LogP contribution in [0, 0.1) is 6.92 Å². The van der Waals surface area contributed by atoms with Crippen molar-refractivity contribution in [1.82, 2.24) is 9.78 Å². The molecule has 0 spiro atoms. The second-order valence-corrected chi connectivity index (χ2v) is 5.04. The number of rotatable bonds is 3. The maximum Gasteiger partial charge on any atom is 0.124 e. The van der Waals surface area contributed by atoms with Crippen molar-refractivity contribution in [2.75, 3.05) is 7.11 Å². The number of halogens is 2. The third-order valence-corrected chi connectivity index (χ3v) is 3.33. The number of hydrogen-bond acceptors (Lipinski definition) is 2. The van der Waals surface area contributed by atoms with Gasteiger partial charge in [-0.1, -0.05) is 27.5 Å². The Kier molecular flexibility index (Phi) is 3.74. The van der Waals surface area contributed by atoms with Gasteiger partial charge in [0, 0.05) is 16.2 Å². The van der Waals surface area contributed by atoms with E-state index in [9.17, 15) is 0 Å². The van der Waals surface area contributed by atoms with E-state index in [1.165, 1.54) is 0 Å². The van der Waals surface area contributed by atoms with Crippen molar-refractivity contribution in [3.8, 4) is 5.75 Å². The summed E-state index contributed by atoms with van der Waals surface area (Å²) in [6, 6.07) is 5.89. The first-order valence-corrected chi connectivity index (χ1v) is 6.29. The van der Waals surface area contributed by atoms with Gasteiger partial charge in [0.2, 0.25) is 0 Å². The average Bonchev–Trinajstić information content (AvgIpc) is 2.58. The van der Waals surface area contributed by atoms with Crippen LogP contribution in [0.25, 0.3) is 0 Å². The van der Waals surface area contributed by atoms with Crippen LogP contribution in [-0.4, -0.2) is 16.9 Å². The quantitative estimate of drug-likeness (QED) is 0.864. The van der Waals surface area contributed by atoms with Crippen LogP contribution in [0.1, 0.15) is 11.3 Å². The number of aromatic nitrogens is 2. The molecular weight excluding hydrogens is 304 g/mol.